The van der Waals surface area contributed by atoms with Crippen molar-refractivity contribution in [2.45, 2.75) is 31.7 Å². The molecule has 0 N–H and O–H groups in total. The Hall–Kier alpha value is 0.200. The molecule has 1 aromatic heterocycles. The van der Waals surface area contributed by atoms with Crippen LogP contribution in [0.15, 0.2) is 21.2 Å². The van der Waals surface area contributed by atoms with Crippen molar-refractivity contribution in [3.05, 3.63) is 21.2 Å². The zero-order chi connectivity index (χ0) is 12.3. The van der Waals surface area contributed by atoms with E-state index < -0.39 is 0 Å². The SMILES string of the molecule is ClCCC1CCCCN1c1ncc(Br)cc1Br. The molecule has 0 aliphatic carbocycles. The lowest BCUT2D eigenvalue weighted by molar-refractivity contribution is 0.447. The van der Waals surface area contributed by atoms with Gasteiger partial charge in [-0.05, 0) is 63.6 Å². The van der Waals surface area contributed by atoms with Gasteiger partial charge in [-0.2, -0.15) is 0 Å². The summed E-state index contributed by atoms with van der Waals surface area (Å²) in [7, 11) is 0. The number of anilines is 1. The third-order valence-electron chi connectivity index (χ3n) is 3.13. The van der Waals surface area contributed by atoms with Gasteiger partial charge in [-0.1, -0.05) is 0 Å². The minimum absolute atomic E-state index is 0.534. The molecule has 94 valence electrons. The topological polar surface area (TPSA) is 16.1 Å². The molecule has 1 unspecified atom stereocenters. The summed E-state index contributed by atoms with van der Waals surface area (Å²) in [6.07, 6.45) is 6.64. The second kappa shape index (κ2) is 6.39. The fourth-order valence-electron chi connectivity index (χ4n) is 2.32. The summed E-state index contributed by atoms with van der Waals surface area (Å²) in [5.41, 5.74) is 0. The smallest absolute Gasteiger partial charge is 0.143 e. The van der Waals surface area contributed by atoms with Gasteiger partial charge in [0.2, 0.25) is 0 Å². The van der Waals surface area contributed by atoms with Crippen LogP contribution in [0.25, 0.3) is 0 Å². The molecule has 1 atom stereocenters. The minimum atomic E-state index is 0.534. The standard InChI is InChI=1S/C12H15Br2ClN2/c13-9-7-11(14)12(16-8-9)17-6-2-1-3-10(17)4-5-15/h7-8,10H,1-6H2. The molecule has 0 aromatic carbocycles. The first-order valence-electron chi connectivity index (χ1n) is 5.86. The van der Waals surface area contributed by atoms with Crippen molar-refractivity contribution in [2.75, 3.05) is 17.3 Å². The van der Waals surface area contributed by atoms with Crippen molar-refractivity contribution in [1.29, 1.82) is 0 Å². The lowest BCUT2D eigenvalue weighted by Gasteiger charge is -2.37. The summed E-state index contributed by atoms with van der Waals surface area (Å²) in [4.78, 5) is 6.91. The Morgan fingerprint density at radius 3 is 2.94 bits per heavy atom. The molecule has 0 radical (unpaired) electrons. The molecule has 2 nitrogen and oxygen atoms in total. The van der Waals surface area contributed by atoms with E-state index in [2.05, 4.69) is 47.8 Å². The molecule has 2 rings (SSSR count). The van der Waals surface area contributed by atoms with E-state index >= 15 is 0 Å². The number of hydrogen-bond acceptors (Lipinski definition) is 2. The molecule has 0 spiro atoms. The largest absolute Gasteiger partial charge is 0.353 e. The Labute approximate surface area is 124 Å². The second-order valence-electron chi connectivity index (χ2n) is 4.28. The molecule has 1 aliphatic heterocycles. The predicted octanol–water partition coefficient (Wildman–Crippen LogP) is 4.59. The maximum Gasteiger partial charge on any atom is 0.143 e. The van der Waals surface area contributed by atoms with E-state index in [0.717, 1.165) is 33.6 Å². The molecule has 1 aromatic rings. The van der Waals surface area contributed by atoms with Crippen LogP contribution in [-0.4, -0.2) is 23.5 Å². The number of aromatic nitrogens is 1. The average molecular weight is 383 g/mol. The van der Waals surface area contributed by atoms with Crippen molar-refractivity contribution in [3.63, 3.8) is 0 Å². The number of pyridine rings is 1. The summed E-state index contributed by atoms with van der Waals surface area (Å²) in [6, 6.07) is 2.58. The van der Waals surface area contributed by atoms with E-state index in [-0.39, 0.29) is 0 Å². The molecule has 0 bridgehead atoms. The molecule has 5 heteroatoms. The van der Waals surface area contributed by atoms with Crippen LogP contribution in [0.2, 0.25) is 0 Å². The summed E-state index contributed by atoms with van der Waals surface area (Å²) in [6.45, 7) is 1.08. The van der Waals surface area contributed by atoms with Crippen molar-refractivity contribution in [2.24, 2.45) is 0 Å². The monoisotopic (exact) mass is 380 g/mol. The molecule has 1 fully saturated rings. The van der Waals surface area contributed by atoms with Gasteiger partial charge in [-0.25, -0.2) is 4.98 Å². The molecular formula is C12H15Br2ClN2. The zero-order valence-electron chi connectivity index (χ0n) is 9.50. The van der Waals surface area contributed by atoms with Crippen LogP contribution < -0.4 is 4.90 Å². The summed E-state index contributed by atoms with van der Waals surface area (Å²) in [5.74, 6) is 1.76. The van der Waals surface area contributed by atoms with Crippen LogP contribution in [0.1, 0.15) is 25.7 Å². The molecule has 1 aliphatic rings. The lowest BCUT2D eigenvalue weighted by Crippen LogP contribution is -2.40. The van der Waals surface area contributed by atoms with E-state index in [1.165, 1.54) is 19.3 Å². The lowest BCUT2D eigenvalue weighted by atomic mass is 10.00. The minimum Gasteiger partial charge on any atom is -0.353 e. The highest BCUT2D eigenvalue weighted by molar-refractivity contribution is 9.11. The summed E-state index contributed by atoms with van der Waals surface area (Å²) in [5, 5.41) is 0. The fourth-order valence-corrected chi connectivity index (χ4v) is 3.79. The van der Waals surface area contributed by atoms with E-state index in [1.807, 2.05) is 6.20 Å². The highest BCUT2D eigenvalue weighted by Crippen LogP contribution is 2.32. The Balaban J connectivity index is 2.23. The van der Waals surface area contributed by atoms with Gasteiger partial charge in [-0.15, -0.1) is 11.6 Å². The summed E-state index contributed by atoms with van der Waals surface area (Å²) < 4.78 is 2.05. The van der Waals surface area contributed by atoms with E-state index in [9.17, 15) is 0 Å². The van der Waals surface area contributed by atoms with Gasteiger partial charge in [0.15, 0.2) is 0 Å². The van der Waals surface area contributed by atoms with Crippen molar-refractivity contribution in [1.82, 2.24) is 4.98 Å². The molecule has 0 amide bonds. The van der Waals surface area contributed by atoms with Crippen LogP contribution >= 0.6 is 43.5 Å². The third kappa shape index (κ3) is 3.36. The Kier molecular flexibility index (Phi) is 5.12. The van der Waals surface area contributed by atoms with Crippen LogP contribution in [0.5, 0.6) is 0 Å². The predicted molar refractivity (Wildman–Crippen MR) is 80.0 cm³/mol. The molecular weight excluding hydrogens is 367 g/mol. The quantitative estimate of drug-likeness (QED) is 0.711. The van der Waals surface area contributed by atoms with Crippen molar-refractivity contribution < 1.29 is 0 Å². The Morgan fingerprint density at radius 1 is 1.41 bits per heavy atom. The maximum atomic E-state index is 5.89. The van der Waals surface area contributed by atoms with E-state index in [0.29, 0.717) is 6.04 Å². The molecule has 0 saturated carbocycles. The van der Waals surface area contributed by atoms with Gasteiger partial charge in [0.1, 0.15) is 5.82 Å². The second-order valence-corrected chi connectivity index (χ2v) is 6.43. The van der Waals surface area contributed by atoms with Crippen LogP contribution in [0, 0.1) is 0 Å². The highest BCUT2D eigenvalue weighted by atomic mass is 79.9. The van der Waals surface area contributed by atoms with Gasteiger partial charge >= 0.3 is 0 Å². The first-order valence-corrected chi connectivity index (χ1v) is 7.98. The van der Waals surface area contributed by atoms with E-state index in [1.54, 1.807) is 0 Å². The van der Waals surface area contributed by atoms with Crippen LogP contribution in [-0.2, 0) is 0 Å². The van der Waals surface area contributed by atoms with Gasteiger partial charge < -0.3 is 4.90 Å². The number of rotatable bonds is 3. The first-order chi connectivity index (χ1) is 8.22. The zero-order valence-corrected chi connectivity index (χ0v) is 13.4. The molecule has 2 heterocycles. The first kappa shape index (κ1) is 13.6. The van der Waals surface area contributed by atoms with Gasteiger partial charge in [-0.3, -0.25) is 0 Å². The van der Waals surface area contributed by atoms with Crippen molar-refractivity contribution >= 4 is 49.3 Å². The van der Waals surface area contributed by atoms with Crippen LogP contribution in [0.4, 0.5) is 5.82 Å². The fraction of sp³-hybridized carbons (Fsp3) is 0.583. The number of piperidine rings is 1. The number of hydrogen-bond donors (Lipinski definition) is 0. The van der Waals surface area contributed by atoms with E-state index in [4.69, 9.17) is 11.6 Å². The normalized spacial score (nSPS) is 20.6. The Morgan fingerprint density at radius 2 is 2.24 bits per heavy atom. The van der Waals surface area contributed by atoms with Gasteiger partial charge in [0.05, 0.1) is 4.47 Å². The number of alkyl halides is 1. The third-order valence-corrected chi connectivity index (χ3v) is 4.37. The van der Waals surface area contributed by atoms with Gasteiger partial charge in [0, 0.05) is 29.1 Å². The Bertz CT molecular complexity index is 385. The van der Waals surface area contributed by atoms with Crippen LogP contribution in [0.3, 0.4) is 0 Å². The van der Waals surface area contributed by atoms with Gasteiger partial charge in [0.25, 0.3) is 0 Å². The molecule has 17 heavy (non-hydrogen) atoms. The van der Waals surface area contributed by atoms with Crippen molar-refractivity contribution in [3.8, 4) is 0 Å². The number of nitrogens with zero attached hydrogens (tertiary/aromatic N) is 2. The number of halogens is 3. The highest BCUT2D eigenvalue weighted by Gasteiger charge is 2.24. The average Bonchev–Trinajstić information content (AvgIpc) is 2.31. The maximum absolute atomic E-state index is 5.89. The molecule has 1 saturated heterocycles. The summed E-state index contributed by atoms with van der Waals surface area (Å²) >= 11 is 12.9.